The summed E-state index contributed by atoms with van der Waals surface area (Å²) in [6.45, 7) is 2.12. The summed E-state index contributed by atoms with van der Waals surface area (Å²) in [6.07, 6.45) is 2.76. The molecule has 2 aromatic rings. The van der Waals surface area contributed by atoms with Crippen molar-refractivity contribution in [1.82, 2.24) is 4.98 Å². The Morgan fingerprint density at radius 1 is 1.58 bits per heavy atom. The topological polar surface area (TPSA) is 50.9 Å². The summed E-state index contributed by atoms with van der Waals surface area (Å²) < 4.78 is 0. The number of hydrogen-bond donors (Lipinski definition) is 2. The van der Waals surface area contributed by atoms with Crippen LogP contribution in [0.4, 0.5) is 5.69 Å². The van der Waals surface area contributed by atoms with Gasteiger partial charge in [-0.3, -0.25) is 0 Å². The van der Waals surface area contributed by atoms with E-state index < -0.39 is 0 Å². The van der Waals surface area contributed by atoms with Crippen LogP contribution in [0.15, 0.2) is 29.8 Å². The molecule has 1 atom stereocenters. The van der Waals surface area contributed by atoms with Crippen molar-refractivity contribution in [3.63, 3.8) is 0 Å². The number of hydrogen-bond acceptors (Lipinski definition) is 4. The van der Waals surface area contributed by atoms with Crippen molar-refractivity contribution in [2.75, 3.05) is 5.32 Å². The van der Waals surface area contributed by atoms with Crippen LogP contribution in [0.1, 0.15) is 30.0 Å². The lowest BCUT2D eigenvalue weighted by atomic mass is 10.1. The molecule has 0 bridgehead atoms. The van der Waals surface area contributed by atoms with Crippen LogP contribution < -0.4 is 11.1 Å². The van der Waals surface area contributed by atoms with Crippen LogP contribution in [-0.4, -0.2) is 9.97 Å². The fourth-order valence-corrected chi connectivity index (χ4v) is 3.04. The highest BCUT2D eigenvalue weighted by molar-refractivity contribution is 7.80. The number of nitrogens with one attached hydrogen (secondary N) is 1. The Morgan fingerprint density at radius 3 is 2.89 bits per heavy atom. The van der Waals surface area contributed by atoms with E-state index in [1.807, 2.05) is 29.8 Å². The maximum atomic E-state index is 6.16. The highest BCUT2D eigenvalue weighted by atomic mass is 35.5. The van der Waals surface area contributed by atoms with Crippen molar-refractivity contribution >= 4 is 45.8 Å². The number of anilines is 1. The molecule has 0 aliphatic carbocycles. The maximum absolute atomic E-state index is 6.16. The van der Waals surface area contributed by atoms with Gasteiger partial charge < -0.3 is 11.1 Å². The third-order valence-electron chi connectivity index (χ3n) is 2.73. The van der Waals surface area contributed by atoms with Gasteiger partial charge in [-0.1, -0.05) is 30.7 Å². The van der Waals surface area contributed by atoms with Crippen LogP contribution in [-0.2, 0) is 0 Å². The minimum atomic E-state index is 0.187. The average molecular weight is 312 g/mol. The van der Waals surface area contributed by atoms with Crippen molar-refractivity contribution in [2.45, 2.75) is 19.4 Å². The van der Waals surface area contributed by atoms with E-state index in [0.29, 0.717) is 15.6 Å². The molecular weight excluding hydrogens is 298 g/mol. The van der Waals surface area contributed by atoms with Crippen LogP contribution >= 0.6 is 35.2 Å². The van der Waals surface area contributed by atoms with E-state index in [1.165, 1.54) is 0 Å². The number of thiazole rings is 1. The predicted molar refractivity (Wildman–Crippen MR) is 86.1 cm³/mol. The smallest absolute Gasteiger partial charge is 0.115 e. The van der Waals surface area contributed by atoms with Crippen LogP contribution in [0.25, 0.3) is 0 Å². The number of nitrogens with two attached hydrogens (primary N) is 1. The Kier molecular flexibility index (Phi) is 4.74. The Balaban J connectivity index is 2.19. The molecular formula is C13H14ClN3S2. The van der Waals surface area contributed by atoms with Crippen LogP contribution in [0.2, 0.25) is 5.02 Å². The molecule has 0 spiro atoms. The van der Waals surface area contributed by atoms with Gasteiger partial charge in [-0.15, -0.1) is 11.3 Å². The van der Waals surface area contributed by atoms with E-state index >= 15 is 0 Å². The first kappa shape index (κ1) is 14.2. The van der Waals surface area contributed by atoms with E-state index in [1.54, 1.807) is 11.3 Å². The number of benzene rings is 1. The molecule has 3 N–H and O–H groups in total. The van der Waals surface area contributed by atoms with Gasteiger partial charge in [-0.05, 0) is 24.6 Å². The lowest BCUT2D eigenvalue weighted by Crippen LogP contribution is -2.12. The third-order valence-corrected chi connectivity index (χ3v) is 4.16. The fraction of sp³-hybridized carbons (Fsp3) is 0.231. The molecule has 0 aliphatic rings. The average Bonchev–Trinajstić information content (AvgIpc) is 2.89. The van der Waals surface area contributed by atoms with Gasteiger partial charge in [0.25, 0.3) is 0 Å². The van der Waals surface area contributed by atoms with Crippen molar-refractivity contribution in [3.05, 3.63) is 45.4 Å². The minimum absolute atomic E-state index is 0.187. The maximum Gasteiger partial charge on any atom is 0.115 e. The zero-order valence-electron chi connectivity index (χ0n) is 10.4. The van der Waals surface area contributed by atoms with Crippen molar-refractivity contribution in [1.29, 1.82) is 0 Å². The quantitative estimate of drug-likeness (QED) is 0.820. The summed E-state index contributed by atoms with van der Waals surface area (Å²) in [4.78, 5) is 4.64. The molecule has 1 aromatic heterocycles. The molecule has 100 valence electrons. The Morgan fingerprint density at radius 2 is 2.37 bits per heavy atom. The zero-order chi connectivity index (χ0) is 13.8. The Labute approximate surface area is 126 Å². The van der Waals surface area contributed by atoms with Crippen LogP contribution in [0.5, 0.6) is 0 Å². The Hall–Kier alpha value is -1.17. The van der Waals surface area contributed by atoms with Crippen LogP contribution in [0, 0.1) is 0 Å². The van der Waals surface area contributed by atoms with Gasteiger partial charge in [-0.2, -0.15) is 0 Å². The predicted octanol–water partition coefficient (Wildman–Crippen LogP) is 3.99. The van der Waals surface area contributed by atoms with E-state index in [9.17, 15) is 0 Å². The van der Waals surface area contributed by atoms with Gasteiger partial charge in [0.2, 0.25) is 0 Å². The molecule has 0 saturated carbocycles. The highest BCUT2D eigenvalue weighted by Crippen LogP contribution is 2.27. The number of halogens is 1. The Bertz CT molecular complexity index is 569. The lowest BCUT2D eigenvalue weighted by Gasteiger charge is -2.16. The lowest BCUT2D eigenvalue weighted by molar-refractivity contribution is 0.742. The van der Waals surface area contributed by atoms with Crippen molar-refractivity contribution < 1.29 is 0 Å². The first-order chi connectivity index (χ1) is 9.11. The summed E-state index contributed by atoms with van der Waals surface area (Å²) in [5, 5.41) is 7.02. The normalized spacial score (nSPS) is 12.1. The van der Waals surface area contributed by atoms with E-state index in [0.717, 1.165) is 17.1 Å². The molecule has 19 heavy (non-hydrogen) atoms. The van der Waals surface area contributed by atoms with Crippen LogP contribution in [0.3, 0.4) is 0 Å². The van der Waals surface area contributed by atoms with E-state index in [4.69, 9.17) is 29.6 Å². The first-order valence-corrected chi connectivity index (χ1v) is 7.53. The second kappa shape index (κ2) is 6.32. The standard InChI is InChI=1S/C13H14ClN3S2/c1-2-11(13-16-5-6-19-13)17-8-3-4-9(12(15)18)10(14)7-8/h3-7,11,17H,2H2,1H3,(H2,15,18). The third kappa shape index (κ3) is 3.43. The molecule has 0 aliphatic heterocycles. The number of rotatable bonds is 5. The van der Waals surface area contributed by atoms with E-state index in [-0.39, 0.29) is 6.04 Å². The number of nitrogens with zero attached hydrogens (tertiary/aromatic N) is 1. The summed E-state index contributed by atoms with van der Waals surface area (Å²) in [5.74, 6) is 0. The van der Waals surface area contributed by atoms with Crippen molar-refractivity contribution in [3.8, 4) is 0 Å². The number of aromatic nitrogens is 1. The molecule has 6 heteroatoms. The fourth-order valence-electron chi connectivity index (χ4n) is 1.75. The summed E-state index contributed by atoms with van der Waals surface area (Å²) in [5.41, 5.74) is 7.22. The molecule has 2 rings (SSSR count). The highest BCUT2D eigenvalue weighted by Gasteiger charge is 2.12. The molecule has 1 aromatic carbocycles. The monoisotopic (exact) mass is 311 g/mol. The molecule has 0 saturated heterocycles. The molecule has 0 fully saturated rings. The second-order valence-corrected chi connectivity index (χ2v) is 5.81. The molecule has 0 radical (unpaired) electrons. The number of thiocarbonyl (C=S) groups is 1. The van der Waals surface area contributed by atoms with Gasteiger partial charge in [0.15, 0.2) is 0 Å². The summed E-state index contributed by atoms with van der Waals surface area (Å²) in [7, 11) is 0. The van der Waals surface area contributed by atoms with Crippen molar-refractivity contribution in [2.24, 2.45) is 5.73 Å². The minimum Gasteiger partial charge on any atom is -0.389 e. The van der Waals surface area contributed by atoms with Gasteiger partial charge in [0.1, 0.15) is 10.00 Å². The summed E-state index contributed by atoms with van der Waals surface area (Å²) in [6, 6.07) is 5.79. The SMILES string of the molecule is CCC(Nc1ccc(C(N)=S)c(Cl)c1)c1nccs1. The first-order valence-electron chi connectivity index (χ1n) is 5.87. The molecule has 1 heterocycles. The van der Waals surface area contributed by atoms with Gasteiger partial charge in [-0.25, -0.2) is 4.98 Å². The zero-order valence-corrected chi connectivity index (χ0v) is 12.8. The van der Waals surface area contributed by atoms with Gasteiger partial charge >= 0.3 is 0 Å². The summed E-state index contributed by atoms with van der Waals surface area (Å²) >= 11 is 12.7. The van der Waals surface area contributed by atoms with Gasteiger partial charge in [0.05, 0.1) is 11.1 Å². The second-order valence-electron chi connectivity index (χ2n) is 4.03. The molecule has 0 amide bonds. The molecule has 1 unspecified atom stereocenters. The van der Waals surface area contributed by atoms with E-state index in [2.05, 4.69) is 17.2 Å². The van der Waals surface area contributed by atoms with Gasteiger partial charge in [0, 0.05) is 22.8 Å². The largest absolute Gasteiger partial charge is 0.389 e. The molecule has 3 nitrogen and oxygen atoms in total.